The van der Waals surface area contributed by atoms with Crippen LogP contribution in [0, 0.1) is 5.41 Å². The third kappa shape index (κ3) is 2.20. The third-order valence-electron chi connectivity index (χ3n) is 2.19. The van der Waals surface area contributed by atoms with Crippen LogP contribution < -0.4 is 5.73 Å². The first-order chi connectivity index (χ1) is 8.39. The highest BCUT2D eigenvalue weighted by Crippen LogP contribution is 2.12. The number of nitrogens with two attached hydrogens (primary N) is 1. The predicted molar refractivity (Wildman–Crippen MR) is 63.3 cm³/mol. The molecular weight excluding hydrogens is 256 g/mol. The average molecular weight is 266 g/mol. The van der Waals surface area contributed by atoms with Gasteiger partial charge in [-0.05, 0) is 0 Å². The summed E-state index contributed by atoms with van der Waals surface area (Å²) in [5, 5.41) is 11.3. The minimum atomic E-state index is -3.33. The average Bonchev–Trinajstić information content (AvgIpc) is 2.77. The van der Waals surface area contributed by atoms with E-state index in [9.17, 15) is 8.42 Å². The smallest absolute Gasteiger partial charge is 0.178 e. The number of nitrogens with one attached hydrogen (secondary N) is 1. The van der Waals surface area contributed by atoms with Gasteiger partial charge in [0.05, 0.1) is 18.0 Å². The Hall–Kier alpha value is -2.29. The Morgan fingerprint density at radius 3 is 2.72 bits per heavy atom. The Bertz CT molecular complexity index is 705. The van der Waals surface area contributed by atoms with Crippen molar-refractivity contribution in [1.82, 2.24) is 19.7 Å². The summed E-state index contributed by atoms with van der Waals surface area (Å²) in [5.41, 5.74) is 5.67. The summed E-state index contributed by atoms with van der Waals surface area (Å²) in [7, 11) is -3.33. The maximum absolute atomic E-state index is 11.3. The van der Waals surface area contributed by atoms with Gasteiger partial charge in [0.15, 0.2) is 15.7 Å². The molecule has 0 amide bonds. The van der Waals surface area contributed by atoms with Crippen molar-refractivity contribution < 1.29 is 8.42 Å². The second kappa shape index (κ2) is 4.18. The molecule has 0 fully saturated rings. The molecule has 0 aliphatic rings. The fourth-order valence-electron chi connectivity index (χ4n) is 1.31. The lowest BCUT2D eigenvalue weighted by atomic mass is 10.3. The van der Waals surface area contributed by atoms with Crippen molar-refractivity contribution in [2.75, 3.05) is 6.26 Å². The summed E-state index contributed by atoms with van der Waals surface area (Å²) in [6, 6.07) is 0. The molecule has 0 aromatic carbocycles. The summed E-state index contributed by atoms with van der Waals surface area (Å²) in [4.78, 5) is 7.76. The van der Waals surface area contributed by atoms with Crippen molar-refractivity contribution in [1.29, 1.82) is 5.41 Å². The number of nitrogen functional groups attached to an aromatic ring is 1. The topological polar surface area (TPSA) is 128 Å². The van der Waals surface area contributed by atoms with E-state index in [2.05, 4.69) is 15.1 Å². The second-order valence-corrected chi connectivity index (χ2v) is 5.58. The van der Waals surface area contributed by atoms with E-state index in [0.717, 1.165) is 6.26 Å². The lowest BCUT2D eigenvalue weighted by Crippen LogP contribution is -2.16. The van der Waals surface area contributed by atoms with Crippen LogP contribution in [-0.4, -0.2) is 40.3 Å². The van der Waals surface area contributed by atoms with Gasteiger partial charge >= 0.3 is 0 Å². The largest absolute Gasteiger partial charge is 0.384 e. The lowest BCUT2D eigenvalue weighted by Gasteiger charge is -2.05. The molecule has 0 radical (unpaired) electrons. The van der Waals surface area contributed by atoms with Crippen LogP contribution in [-0.2, 0) is 9.84 Å². The first kappa shape index (κ1) is 12.2. The van der Waals surface area contributed by atoms with Crippen LogP contribution in [0.25, 0.3) is 5.82 Å². The normalized spacial score (nSPS) is 11.4. The molecule has 0 bridgehead atoms. The first-order valence-electron chi connectivity index (χ1n) is 4.79. The van der Waals surface area contributed by atoms with Crippen LogP contribution in [0.4, 0.5) is 0 Å². The van der Waals surface area contributed by atoms with Crippen LogP contribution in [0.1, 0.15) is 5.56 Å². The Labute approximate surface area is 103 Å². The highest BCUT2D eigenvalue weighted by Gasteiger charge is 2.14. The molecule has 2 heterocycles. The van der Waals surface area contributed by atoms with Gasteiger partial charge in [-0.15, -0.1) is 0 Å². The molecule has 18 heavy (non-hydrogen) atoms. The number of amidine groups is 1. The second-order valence-electron chi connectivity index (χ2n) is 3.57. The van der Waals surface area contributed by atoms with E-state index in [1.54, 1.807) is 0 Å². The molecule has 3 N–H and O–H groups in total. The fraction of sp³-hybridized carbons (Fsp3) is 0.111. The number of sulfone groups is 1. The number of rotatable bonds is 3. The molecule has 0 atom stereocenters. The molecule has 2 aromatic heterocycles. The molecule has 0 spiro atoms. The molecule has 2 rings (SSSR count). The van der Waals surface area contributed by atoms with Crippen LogP contribution >= 0.6 is 0 Å². The summed E-state index contributed by atoms with van der Waals surface area (Å²) >= 11 is 0. The number of hydrogen-bond acceptors (Lipinski definition) is 6. The predicted octanol–water partition coefficient (Wildman–Crippen LogP) is -0.650. The van der Waals surface area contributed by atoms with Gasteiger partial charge in [-0.25, -0.2) is 23.1 Å². The van der Waals surface area contributed by atoms with E-state index in [1.807, 2.05) is 0 Å². The summed E-state index contributed by atoms with van der Waals surface area (Å²) in [5.74, 6) is 0.0365. The standard InChI is InChI=1S/C9H10N6O2S/c1-18(16,17)6-2-14-15(4-6)9-7(8(10)11)3-12-5-13-9/h2-5H,1H3,(H3,10,11). The maximum Gasteiger partial charge on any atom is 0.178 e. The molecule has 8 nitrogen and oxygen atoms in total. The summed E-state index contributed by atoms with van der Waals surface area (Å²) < 4.78 is 23.9. The third-order valence-corrected chi connectivity index (χ3v) is 3.25. The minimum absolute atomic E-state index is 0.0654. The molecule has 0 saturated heterocycles. The van der Waals surface area contributed by atoms with Crippen molar-refractivity contribution in [2.45, 2.75) is 4.90 Å². The highest BCUT2D eigenvalue weighted by molar-refractivity contribution is 7.90. The minimum Gasteiger partial charge on any atom is -0.384 e. The van der Waals surface area contributed by atoms with Gasteiger partial charge in [0.25, 0.3) is 0 Å². The molecule has 9 heteroatoms. The zero-order chi connectivity index (χ0) is 13.3. The molecule has 0 saturated carbocycles. The van der Waals surface area contributed by atoms with Gasteiger partial charge in [-0.3, -0.25) is 5.41 Å². The monoisotopic (exact) mass is 266 g/mol. The van der Waals surface area contributed by atoms with Crippen molar-refractivity contribution in [3.8, 4) is 5.82 Å². The van der Waals surface area contributed by atoms with Crippen LogP contribution in [0.2, 0.25) is 0 Å². The Morgan fingerprint density at radius 2 is 2.17 bits per heavy atom. The van der Waals surface area contributed by atoms with Gasteiger partial charge in [-0.1, -0.05) is 0 Å². The number of hydrogen-bond donors (Lipinski definition) is 2. The van der Waals surface area contributed by atoms with Gasteiger partial charge in [-0.2, -0.15) is 5.10 Å². The summed E-state index contributed by atoms with van der Waals surface area (Å²) in [6.45, 7) is 0. The van der Waals surface area contributed by atoms with E-state index >= 15 is 0 Å². The molecular formula is C9H10N6O2S. The Kier molecular flexibility index (Phi) is 2.83. The van der Waals surface area contributed by atoms with Crippen molar-refractivity contribution in [3.63, 3.8) is 0 Å². The van der Waals surface area contributed by atoms with Crippen LogP contribution in [0.3, 0.4) is 0 Å². The van der Waals surface area contributed by atoms with Crippen LogP contribution in [0.15, 0.2) is 29.8 Å². The molecule has 0 aliphatic heterocycles. The highest BCUT2D eigenvalue weighted by atomic mass is 32.2. The summed E-state index contributed by atoms with van der Waals surface area (Å²) in [6.07, 6.45) is 6.24. The van der Waals surface area contributed by atoms with Gasteiger partial charge < -0.3 is 5.73 Å². The van der Waals surface area contributed by atoms with E-state index < -0.39 is 9.84 Å². The maximum atomic E-state index is 11.3. The van der Waals surface area contributed by atoms with E-state index in [1.165, 1.54) is 29.6 Å². The Morgan fingerprint density at radius 1 is 1.44 bits per heavy atom. The van der Waals surface area contributed by atoms with Crippen molar-refractivity contribution in [2.24, 2.45) is 5.73 Å². The Balaban J connectivity index is 2.57. The SMILES string of the molecule is CS(=O)(=O)c1cnn(-c2ncncc2C(=N)N)c1. The van der Waals surface area contributed by atoms with E-state index in [4.69, 9.17) is 11.1 Å². The molecule has 2 aromatic rings. The number of aromatic nitrogens is 4. The lowest BCUT2D eigenvalue weighted by molar-refractivity contribution is 0.602. The zero-order valence-corrected chi connectivity index (χ0v) is 10.2. The molecule has 0 aliphatic carbocycles. The van der Waals surface area contributed by atoms with E-state index in [-0.39, 0.29) is 22.1 Å². The van der Waals surface area contributed by atoms with Crippen molar-refractivity contribution in [3.05, 3.63) is 30.5 Å². The molecule has 0 unspecified atom stereocenters. The zero-order valence-electron chi connectivity index (χ0n) is 9.40. The quantitative estimate of drug-likeness (QED) is 0.561. The van der Waals surface area contributed by atoms with E-state index in [0.29, 0.717) is 0 Å². The fourth-order valence-corrected chi connectivity index (χ4v) is 1.84. The van der Waals surface area contributed by atoms with Gasteiger partial charge in [0.1, 0.15) is 17.1 Å². The molecule has 94 valence electrons. The first-order valence-corrected chi connectivity index (χ1v) is 6.68. The van der Waals surface area contributed by atoms with Crippen LogP contribution in [0.5, 0.6) is 0 Å². The van der Waals surface area contributed by atoms with Gasteiger partial charge in [0.2, 0.25) is 0 Å². The number of nitrogens with zero attached hydrogens (tertiary/aromatic N) is 4. The van der Waals surface area contributed by atoms with Gasteiger partial charge in [0, 0.05) is 12.5 Å². The van der Waals surface area contributed by atoms with Crippen molar-refractivity contribution >= 4 is 15.7 Å².